The molecule has 1 aliphatic rings. The van der Waals surface area contributed by atoms with E-state index in [-0.39, 0.29) is 5.12 Å². The first-order chi connectivity index (χ1) is 9.67. The van der Waals surface area contributed by atoms with Crippen LogP contribution in [0, 0.1) is 0 Å². The summed E-state index contributed by atoms with van der Waals surface area (Å²) in [6.45, 7) is 2.50. The van der Waals surface area contributed by atoms with Crippen molar-refractivity contribution in [2.24, 2.45) is 4.99 Å². The summed E-state index contributed by atoms with van der Waals surface area (Å²) in [5.74, 6) is 1.34. The van der Waals surface area contributed by atoms with Crippen molar-refractivity contribution in [2.45, 2.75) is 6.92 Å². The van der Waals surface area contributed by atoms with Gasteiger partial charge >= 0.3 is 0 Å². The molecule has 0 aliphatic carbocycles. The number of rotatable bonds is 4. The highest BCUT2D eigenvalue weighted by atomic mass is 32.2. The van der Waals surface area contributed by atoms with Gasteiger partial charge in [0.1, 0.15) is 10.1 Å². The van der Waals surface area contributed by atoms with Gasteiger partial charge in [-0.05, 0) is 48.7 Å². The highest BCUT2D eigenvalue weighted by molar-refractivity contribution is 8.45. The van der Waals surface area contributed by atoms with E-state index >= 15 is 0 Å². The molecule has 0 amide bonds. The smallest absolute Gasteiger partial charge is 0.244 e. The maximum atomic E-state index is 11.8. The third-order valence-corrected chi connectivity index (χ3v) is 4.42. The van der Waals surface area contributed by atoms with Crippen LogP contribution in [0.25, 0.3) is 6.08 Å². The number of carbonyl (C=O) groups excluding carboxylic acids is 1. The Hall–Kier alpha value is -1.40. The van der Waals surface area contributed by atoms with Gasteiger partial charge in [-0.3, -0.25) is 4.79 Å². The minimum absolute atomic E-state index is 0.0257. The fourth-order valence-electron chi connectivity index (χ4n) is 1.68. The van der Waals surface area contributed by atoms with E-state index in [1.807, 2.05) is 31.4 Å². The van der Waals surface area contributed by atoms with E-state index in [1.165, 1.54) is 11.8 Å². The molecule has 1 aliphatic heterocycles. The molecule has 0 saturated carbocycles. The maximum absolute atomic E-state index is 11.8. The number of methoxy groups -OCH3 is 1. The molecule has 4 nitrogen and oxygen atoms in total. The second-order valence-electron chi connectivity index (χ2n) is 3.84. The third-order valence-electron chi connectivity index (χ3n) is 2.57. The van der Waals surface area contributed by atoms with Crippen LogP contribution in [0.1, 0.15) is 12.5 Å². The molecule has 6 heteroatoms. The maximum Gasteiger partial charge on any atom is 0.244 e. The van der Waals surface area contributed by atoms with Crippen molar-refractivity contribution in [2.75, 3.05) is 20.0 Å². The van der Waals surface area contributed by atoms with E-state index in [4.69, 9.17) is 9.47 Å². The van der Waals surface area contributed by atoms with Crippen molar-refractivity contribution in [1.29, 1.82) is 0 Å². The van der Waals surface area contributed by atoms with Gasteiger partial charge in [0.05, 0.1) is 13.7 Å². The second kappa shape index (κ2) is 6.85. The number of thioether (sulfide) groups is 2. The number of hydrogen-bond acceptors (Lipinski definition) is 6. The molecule has 106 valence electrons. The van der Waals surface area contributed by atoms with Crippen molar-refractivity contribution in [3.8, 4) is 11.5 Å². The van der Waals surface area contributed by atoms with E-state index in [9.17, 15) is 4.79 Å². The molecule has 0 saturated heterocycles. The zero-order valence-electron chi connectivity index (χ0n) is 11.5. The molecule has 0 atom stereocenters. The van der Waals surface area contributed by atoms with Gasteiger partial charge in [0.25, 0.3) is 0 Å². The minimum atomic E-state index is -0.0257. The molecule has 0 unspecified atom stereocenters. The lowest BCUT2D eigenvalue weighted by atomic mass is 10.1. The molecule has 0 aromatic heterocycles. The molecule has 0 bridgehead atoms. The van der Waals surface area contributed by atoms with E-state index in [0.717, 1.165) is 21.7 Å². The zero-order valence-corrected chi connectivity index (χ0v) is 13.1. The summed E-state index contributed by atoms with van der Waals surface area (Å²) >= 11 is 2.64. The number of aliphatic imine (C=N–C) groups is 1. The Morgan fingerprint density at radius 3 is 2.80 bits per heavy atom. The first-order valence-electron chi connectivity index (χ1n) is 6.05. The fourth-order valence-corrected chi connectivity index (χ4v) is 2.95. The molecule has 2 rings (SSSR count). The fraction of sp³-hybridized carbons (Fsp3) is 0.286. The minimum Gasteiger partial charge on any atom is -0.493 e. The molecular weight excluding hydrogens is 294 g/mol. The standard InChI is InChI=1S/C14H15NO3S2/c1-4-18-11-6-5-9(8-12(11)17-2)7-10-13(16)20-14(15-10)19-3/h5-8H,4H2,1-3H3. The number of carbonyl (C=O) groups is 1. The van der Waals surface area contributed by atoms with E-state index < -0.39 is 0 Å². The Morgan fingerprint density at radius 2 is 2.20 bits per heavy atom. The topological polar surface area (TPSA) is 47.9 Å². The predicted molar refractivity (Wildman–Crippen MR) is 85.7 cm³/mol. The second-order valence-corrected chi connectivity index (χ2v) is 5.86. The quantitative estimate of drug-likeness (QED) is 0.798. The molecule has 0 radical (unpaired) electrons. The van der Waals surface area contributed by atoms with Crippen LogP contribution in [0.5, 0.6) is 11.5 Å². The van der Waals surface area contributed by atoms with E-state index in [1.54, 1.807) is 13.2 Å². The van der Waals surface area contributed by atoms with Crippen molar-refractivity contribution in [3.05, 3.63) is 29.5 Å². The Labute approximate surface area is 126 Å². The number of nitrogens with zero attached hydrogens (tertiary/aromatic N) is 1. The van der Waals surface area contributed by atoms with E-state index in [2.05, 4.69) is 4.99 Å². The Morgan fingerprint density at radius 1 is 1.40 bits per heavy atom. The number of ether oxygens (including phenoxy) is 2. The highest BCUT2D eigenvalue weighted by Gasteiger charge is 2.21. The average molecular weight is 309 g/mol. The van der Waals surface area contributed by atoms with Crippen molar-refractivity contribution < 1.29 is 14.3 Å². The molecule has 1 aromatic rings. The third kappa shape index (κ3) is 3.37. The summed E-state index contributed by atoms with van der Waals surface area (Å²) in [6.07, 6.45) is 3.67. The van der Waals surface area contributed by atoms with Crippen LogP contribution in [-0.4, -0.2) is 29.5 Å². The summed E-state index contributed by atoms with van der Waals surface area (Å²) in [7, 11) is 1.59. The summed E-state index contributed by atoms with van der Waals surface area (Å²) in [6, 6.07) is 5.55. The lowest BCUT2D eigenvalue weighted by molar-refractivity contribution is -0.107. The van der Waals surface area contributed by atoms with Gasteiger partial charge < -0.3 is 9.47 Å². The summed E-state index contributed by atoms with van der Waals surface area (Å²) < 4.78 is 11.5. The number of hydrogen-bond donors (Lipinski definition) is 0. The predicted octanol–water partition coefficient (Wildman–Crippen LogP) is 3.43. The first-order valence-corrected chi connectivity index (χ1v) is 8.09. The van der Waals surface area contributed by atoms with Crippen molar-refractivity contribution in [3.63, 3.8) is 0 Å². The van der Waals surface area contributed by atoms with Crippen LogP contribution in [0.4, 0.5) is 0 Å². The monoisotopic (exact) mass is 309 g/mol. The van der Waals surface area contributed by atoms with Gasteiger partial charge in [0.2, 0.25) is 5.12 Å². The van der Waals surface area contributed by atoms with Gasteiger partial charge in [-0.2, -0.15) is 0 Å². The largest absolute Gasteiger partial charge is 0.493 e. The van der Waals surface area contributed by atoms with Gasteiger partial charge in [0.15, 0.2) is 11.5 Å². The van der Waals surface area contributed by atoms with Gasteiger partial charge in [-0.15, -0.1) is 11.8 Å². The molecule has 1 heterocycles. The summed E-state index contributed by atoms with van der Waals surface area (Å²) in [5.41, 5.74) is 1.32. The lowest BCUT2D eigenvalue weighted by Gasteiger charge is -2.09. The normalized spacial score (nSPS) is 16.4. The van der Waals surface area contributed by atoms with Crippen molar-refractivity contribution >= 4 is 39.1 Å². The molecule has 1 aromatic carbocycles. The lowest BCUT2D eigenvalue weighted by Crippen LogP contribution is -1.95. The number of benzene rings is 1. The highest BCUT2D eigenvalue weighted by Crippen LogP contribution is 2.32. The zero-order chi connectivity index (χ0) is 14.5. The van der Waals surface area contributed by atoms with Gasteiger partial charge in [-0.1, -0.05) is 6.07 Å². The summed E-state index contributed by atoms with van der Waals surface area (Å²) in [5, 5.41) is -0.0257. The molecule has 0 spiro atoms. The molecule has 0 N–H and O–H groups in total. The molecular formula is C14H15NO3S2. The average Bonchev–Trinajstić information content (AvgIpc) is 2.81. The Kier molecular flexibility index (Phi) is 5.14. The Bertz CT molecular complexity index is 582. The van der Waals surface area contributed by atoms with Crippen LogP contribution in [-0.2, 0) is 4.79 Å². The first kappa shape index (κ1) is 15.0. The van der Waals surface area contributed by atoms with Gasteiger partial charge in [-0.25, -0.2) is 4.99 Å². The van der Waals surface area contributed by atoms with E-state index in [0.29, 0.717) is 23.8 Å². The Balaban J connectivity index is 2.30. The van der Waals surface area contributed by atoms with Gasteiger partial charge in [0, 0.05) is 0 Å². The van der Waals surface area contributed by atoms with Crippen LogP contribution in [0.2, 0.25) is 0 Å². The van der Waals surface area contributed by atoms with Crippen molar-refractivity contribution in [1.82, 2.24) is 0 Å². The molecule has 0 fully saturated rings. The van der Waals surface area contributed by atoms with Crippen LogP contribution >= 0.6 is 23.5 Å². The summed E-state index contributed by atoms with van der Waals surface area (Å²) in [4.78, 5) is 16.1. The van der Waals surface area contributed by atoms with Crippen LogP contribution in [0.15, 0.2) is 28.9 Å². The van der Waals surface area contributed by atoms with Crippen LogP contribution in [0.3, 0.4) is 0 Å². The molecule has 20 heavy (non-hydrogen) atoms. The SMILES string of the molecule is CCOc1ccc(C=C2N=C(SC)SC2=O)cc1OC. The van der Waals surface area contributed by atoms with Crippen LogP contribution < -0.4 is 9.47 Å².